The molecule has 1 aromatic heterocycles. The normalized spacial score (nSPS) is 17.4. The molecule has 1 aromatic rings. The molecule has 0 N–H and O–H groups in total. The zero-order valence-corrected chi connectivity index (χ0v) is 8.05. The molecule has 0 aromatic carbocycles. The van der Waals surface area contributed by atoms with E-state index in [4.69, 9.17) is 0 Å². The van der Waals surface area contributed by atoms with Gasteiger partial charge in [-0.05, 0) is 6.07 Å². The van der Waals surface area contributed by atoms with Crippen LogP contribution in [0.4, 0.5) is 5.82 Å². The summed E-state index contributed by atoms with van der Waals surface area (Å²) in [5.41, 5.74) is 0. The van der Waals surface area contributed by atoms with Crippen LogP contribution in [0.1, 0.15) is 0 Å². The first-order valence-electron chi connectivity index (χ1n) is 4.52. The molecule has 1 fully saturated rings. The maximum absolute atomic E-state index is 11.4. The molecular formula is C9H12N4O. The molecule has 0 bridgehead atoms. The number of carbonyl (C=O) groups is 1. The number of hydrogen-bond donors (Lipinski definition) is 0. The Hall–Kier alpha value is -1.65. The van der Waals surface area contributed by atoms with Crippen molar-refractivity contribution in [3.63, 3.8) is 0 Å². The summed E-state index contributed by atoms with van der Waals surface area (Å²) in [5, 5.41) is 0. The fraction of sp³-hybridized carbons (Fsp3) is 0.444. The fourth-order valence-corrected chi connectivity index (χ4v) is 1.42. The quantitative estimate of drug-likeness (QED) is 0.616. The Morgan fingerprint density at radius 3 is 2.93 bits per heavy atom. The lowest BCUT2D eigenvalue weighted by molar-refractivity contribution is -0.129. The van der Waals surface area contributed by atoms with E-state index in [1.165, 1.54) is 6.33 Å². The number of likely N-dealkylation sites (N-methyl/N-ethyl adjacent to an activating group) is 1. The van der Waals surface area contributed by atoms with E-state index in [2.05, 4.69) is 9.97 Å². The predicted molar refractivity (Wildman–Crippen MR) is 51.9 cm³/mol. The number of hydrogen-bond acceptors (Lipinski definition) is 4. The van der Waals surface area contributed by atoms with Crippen LogP contribution < -0.4 is 4.90 Å². The average molecular weight is 192 g/mol. The highest BCUT2D eigenvalue weighted by Crippen LogP contribution is 2.11. The summed E-state index contributed by atoms with van der Waals surface area (Å²) in [7, 11) is 1.82. The van der Waals surface area contributed by atoms with Crippen molar-refractivity contribution in [3.05, 3.63) is 18.6 Å². The monoisotopic (exact) mass is 192 g/mol. The van der Waals surface area contributed by atoms with Crippen LogP contribution in [-0.2, 0) is 4.79 Å². The topological polar surface area (TPSA) is 49.3 Å². The molecule has 14 heavy (non-hydrogen) atoms. The number of carbonyl (C=O) groups excluding carboxylic acids is 1. The minimum atomic E-state index is 0.134. The average Bonchev–Trinajstić information content (AvgIpc) is 2.23. The summed E-state index contributed by atoms with van der Waals surface area (Å²) >= 11 is 0. The standard InChI is InChI=1S/C9H12N4O/c1-12-4-5-13(6-9(12)14)8-2-3-10-7-11-8/h2-3,7H,4-6H2,1H3. The lowest BCUT2D eigenvalue weighted by Crippen LogP contribution is -2.48. The van der Waals surface area contributed by atoms with Crippen molar-refractivity contribution < 1.29 is 4.79 Å². The second-order valence-corrected chi connectivity index (χ2v) is 3.30. The van der Waals surface area contributed by atoms with Gasteiger partial charge in [-0.1, -0.05) is 0 Å². The molecule has 0 unspecified atom stereocenters. The Morgan fingerprint density at radius 2 is 2.29 bits per heavy atom. The van der Waals surface area contributed by atoms with Crippen LogP contribution in [0.5, 0.6) is 0 Å². The lowest BCUT2D eigenvalue weighted by Gasteiger charge is -2.32. The number of piperazine rings is 1. The maximum atomic E-state index is 11.4. The number of nitrogens with zero attached hydrogens (tertiary/aromatic N) is 4. The largest absolute Gasteiger partial charge is 0.345 e. The van der Waals surface area contributed by atoms with Crippen molar-refractivity contribution in [1.82, 2.24) is 14.9 Å². The van der Waals surface area contributed by atoms with Gasteiger partial charge in [0.2, 0.25) is 5.91 Å². The summed E-state index contributed by atoms with van der Waals surface area (Å²) in [5.74, 6) is 0.955. The number of rotatable bonds is 1. The molecule has 74 valence electrons. The van der Waals surface area contributed by atoms with E-state index in [9.17, 15) is 4.79 Å². The first-order chi connectivity index (χ1) is 6.77. The van der Waals surface area contributed by atoms with Crippen LogP contribution in [0, 0.1) is 0 Å². The summed E-state index contributed by atoms with van der Waals surface area (Å²) < 4.78 is 0. The second-order valence-electron chi connectivity index (χ2n) is 3.30. The van der Waals surface area contributed by atoms with Gasteiger partial charge in [-0.2, -0.15) is 0 Å². The van der Waals surface area contributed by atoms with Gasteiger partial charge in [0.25, 0.3) is 0 Å². The van der Waals surface area contributed by atoms with Crippen LogP contribution in [0.15, 0.2) is 18.6 Å². The van der Waals surface area contributed by atoms with E-state index in [0.29, 0.717) is 6.54 Å². The van der Waals surface area contributed by atoms with Gasteiger partial charge in [-0.25, -0.2) is 9.97 Å². The molecule has 0 spiro atoms. The molecule has 5 nitrogen and oxygen atoms in total. The van der Waals surface area contributed by atoms with Crippen molar-refractivity contribution in [2.75, 3.05) is 31.6 Å². The van der Waals surface area contributed by atoms with Gasteiger partial charge < -0.3 is 9.80 Å². The smallest absolute Gasteiger partial charge is 0.241 e. The third-order valence-corrected chi connectivity index (χ3v) is 2.35. The zero-order chi connectivity index (χ0) is 9.97. The Labute approximate surface area is 82.4 Å². The first-order valence-corrected chi connectivity index (χ1v) is 4.52. The number of anilines is 1. The van der Waals surface area contributed by atoms with Crippen molar-refractivity contribution in [2.24, 2.45) is 0 Å². The number of aromatic nitrogens is 2. The maximum Gasteiger partial charge on any atom is 0.241 e. The summed E-state index contributed by atoms with van der Waals surface area (Å²) in [6, 6.07) is 1.82. The van der Waals surface area contributed by atoms with Gasteiger partial charge >= 0.3 is 0 Å². The fourth-order valence-electron chi connectivity index (χ4n) is 1.42. The van der Waals surface area contributed by atoms with Crippen LogP contribution in [0.25, 0.3) is 0 Å². The predicted octanol–water partition coefficient (Wildman–Crippen LogP) is -0.245. The molecule has 2 heterocycles. The molecule has 5 heteroatoms. The molecule has 1 saturated heterocycles. The second kappa shape index (κ2) is 3.61. The Kier molecular flexibility index (Phi) is 2.30. The van der Waals surface area contributed by atoms with Gasteiger partial charge in [0, 0.05) is 26.3 Å². The van der Waals surface area contributed by atoms with Crippen LogP contribution in [0.3, 0.4) is 0 Å². The molecule has 2 rings (SSSR count). The van der Waals surface area contributed by atoms with Gasteiger partial charge in [-0.3, -0.25) is 4.79 Å². The highest BCUT2D eigenvalue weighted by Gasteiger charge is 2.21. The Balaban J connectivity index is 2.11. The van der Waals surface area contributed by atoms with Crippen LogP contribution in [-0.4, -0.2) is 47.5 Å². The molecule has 0 radical (unpaired) electrons. The van der Waals surface area contributed by atoms with Crippen molar-refractivity contribution in [2.45, 2.75) is 0 Å². The zero-order valence-electron chi connectivity index (χ0n) is 8.05. The molecule has 0 aliphatic carbocycles. The van der Waals surface area contributed by atoms with Crippen LogP contribution in [0.2, 0.25) is 0 Å². The van der Waals surface area contributed by atoms with Gasteiger partial charge in [-0.15, -0.1) is 0 Å². The minimum absolute atomic E-state index is 0.134. The molecule has 1 amide bonds. The molecule has 1 aliphatic heterocycles. The highest BCUT2D eigenvalue weighted by atomic mass is 16.2. The van der Waals surface area contributed by atoms with Crippen LogP contribution >= 0.6 is 0 Å². The lowest BCUT2D eigenvalue weighted by atomic mass is 10.3. The molecule has 0 atom stereocenters. The Bertz CT molecular complexity index is 327. The molecule has 1 aliphatic rings. The number of amides is 1. The summed E-state index contributed by atoms with van der Waals surface area (Å²) in [4.78, 5) is 23.1. The van der Waals surface area contributed by atoms with Gasteiger partial charge in [0.15, 0.2) is 0 Å². The van der Waals surface area contributed by atoms with Crippen molar-refractivity contribution >= 4 is 11.7 Å². The van der Waals surface area contributed by atoms with E-state index < -0.39 is 0 Å². The van der Waals surface area contributed by atoms with Gasteiger partial charge in [0.1, 0.15) is 12.1 Å². The van der Waals surface area contributed by atoms with Crippen molar-refractivity contribution in [3.8, 4) is 0 Å². The van der Waals surface area contributed by atoms with Gasteiger partial charge in [0.05, 0.1) is 6.54 Å². The van der Waals surface area contributed by atoms with E-state index in [0.717, 1.165) is 18.9 Å². The summed E-state index contributed by atoms with van der Waals surface area (Å²) in [6.45, 7) is 2.00. The van der Waals surface area contributed by atoms with E-state index in [1.54, 1.807) is 11.1 Å². The molecular weight excluding hydrogens is 180 g/mol. The SMILES string of the molecule is CN1CCN(c2ccncn2)CC1=O. The van der Waals surface area contributed by atoms with Crippen molar-refractivity contribution in [1.29, 1.82) is 0 Å². The molecule has 0 saturated carbocycles. The highest BCUT2D eigenvalue weighted by molar-refractivity contribution is 5.82. The summed E-state index contributed by atoms with van der Waals surface area (Å²) in [6.07, 6.45) is 3.18. The third kappa shape index (κ3) is 1.66. The van der Waals surface area contributed by atoms with E-state index >= 15 is 0 Å². The van der Waals surface area contributed by atoms with E-state index in [-0.39, 0.29) is 5.91 Å². The first kappa shape index (κ1) is 8.93. The third-order valence-electron chi connectivity index (χ3n) is 2.35. The minimum Gasteiger partial charge on any atom is -0.345 e. The van der Waals surface area contributed by atoms with E-state index in [1.807, 2.05) is 18.0 Å². The Morgan fingerprint density at radius 1 is 1.43 bits per heavy atom.